The van der Waals surface area contributed by atoms with E-state index in [0.29, 0.717) is 0 Å². The lowest BCUT2D eigenvalue weighted by Crippen LogP contribution is -2.34. The molecule has 0 aromatic heterocycles. The molecule has 8 nitrogen and oxygen atoms in total. The molecule has 14 heavy (non-hydrogen) atoms. The molecule has 0 spiro atoms. The SMILES string of the molecule is O=C(O)[C@H](O)[C@H](O)CCOP(=O)(O)O. The summed E-state index contributed by atoms with van der Waals surface area (Å²) in [7, 11) is -4.62. The normalized spacial score (nSPS) is 16.3. The van der Waals surface area contributed by atoms with Crippen molar-refractivity contribution in [3.63, 3.8) is 0 Å². The lowest BCUT2D eigenvalue weighted by atomic mass is 10.1. The highest BCUT2D eigenvalue weighted by atomic mass is 31.2. The van der Waals surface area contributed by atoms with Crippen LogP contribution in [0.25, 0.3) is 0 Å². The zero-order valence-corrected chi connectivity index (χ0v) is 7.87. The molecule has 0 aromatic carbocycles. The van der Waals surface area contributed by atoms with Crippen molar-refractivity contribution in [2.24, 2.45) is 0 Å². The van der Waals surface area contributed by atoms with Gasteiger partial charge in [0.2, 0.25) is 0 Å². The van der Waals surface area contributed by atoms with E-state index in [4.69, 9.17) is 25.1 Å². The van der Waals surface area contributed by atoms with Crippen molar-refractivity contribution in [1.82, 2.24) is 0 Å². The molecule has 0 radical (unpaired) electrons. The number of hydrogen-bond donors (Lipinski definition) is 5. The predicted molar refractivity (Wildman–Crippen MR) is 42.3 cm³/mol. The maximum absolute atomic E-state index is 10.1. The minimum atomic E-state index is -4.62. The quantitative estimate of drug-likeness (QED) is 0.339. The summed E-state index contributed by atoms with van der Waals surface area (Å²) in [6.45, 7) is -0.546. The number of phosphoric acid groups is 1. The van der Waals surface area contributed by atoms with Crippen LogP contribution < -0.4 is 0 Å². The molecule has 0 aliphatic carbocycles. The highest BCUT2D eigenvalue weighted by Crippen LogP contribution is 2.35. The fourth-order valence-electron chi connectivity index (χ4n) is 0.615. The van der Waals surface area contributed by atoms with E-state index in [1.54, 1.807) is 0 Å². The van der Waals surface area contributed by atoms with Gasteiger partial charge >= 0.3 is 13.8 Å². The number of aliphatic hydroxyl groups excluding tert-OH is 2. The molecule has 0 saturated carbocycles. The van der Waals surface area contributed by atoms with Gasteiger partial charge in [-0.05, 0) is 0 Å². The van der Waals surface area contributed by atoms with E-state index in [2.05, 4.69) is 4.52 Å². The Balaban J connectivity index is 3.80. The monoisotopic (exact) mass is 230 g/mol. The fourth-order valence-corrected chi connectivity index (χ4v) is 0.958. The molecule has 0 amide bonds. The van der Waals surface area contributed by atoms with Gasteiger partial charge in [0, 0.05) is 6.42 Å². The van der Waals surface area contributed by atoms with E-state index in [0.717, 1.165) is 0 Å². The molecular weight excluding hydrogens is 219 g/mol. The second-order valence-corrected chi connectivity index (χ2v) is 3.70. The van der Waals surface area contributed by atoms with Crippen molar-refractivity contribution in [2.45, 2.75) is 18.6 Å². The molecule has 0 aliphatic heterocycles. The minimum Gasteiger partial charge on any atom is -0.479 e. The first-order chi connectivity index (χ1) is 6.24. The number of hydrogen-bond acceptors (Lipinski definition) is 5. The maximum atomic E-state index is 10.1. The van der Waals surface area contributed by atoms with Crippen LogP contribution in [0, 0.1) is 0 Å². The number of aliphatic carboxylic acids is 1. The largest absolute Gasteiger partial charge is 0.479 e. The Hall–Kier alpha value is -0.500. The number of phosphoric ester groups is 1. The van der Waals surface area contributed by atoms with Crippen molar-refractivity contribution in [2.75, 3.05) is 6.61 Å². The van der Waals surface area contributed by atoms with Crippen molar-refractivity contribution in [3.8, 4) is 0 Å². The molecule has 0 saturated heterocycles. The molecule has 84 valence electrons. The summed E-state index contributed by atoms with van der Waals surface area (Å²) in [6.07, 6.45) is -4.01. The van der Waals surface area contributed by atoms with Crippen LogP contribution in [0.2, 0.25) is 0 Å². The summed E-state index contributed by atoms with van der Waals surface area (Å²) in [6, 6.07) is 0. The third-order valence-electron chi connectivity index (χ3n) is 1.29. The molecule has 0 unspecified atom stereocenters. The van der Waals surface area contributed by atoms with Crippen LogP contribution in [0.4, 0.5) is 0 Å². The summed E-state index contributed by atoms with van der Waals surface area (Å²) >= 11 is 0. The van der Waals surface area contributed by atoms with E-state index in [1.165, 1.54) is 0 Å². The highest BCUT2D eigenvalue weighted by Gasteiger charge is 2.24. The fraction of sp³-hybridized carbons (Fsp3) is 0.800. The number of carboxylic acid groups (broad SMARTS) is 1. The van der Waals surface area contributed by atoms with Crippen LogP contribution in [0.3, 0.4) is 0 Å². The standard InChI is InChI=1S/C5H11O8P/c6-3(4(7)5(8)9)1-2-13-14(10,11)12/h3-4,6-7H,1-2H2,(H,8,9)(H2,10,11,12)/t3-,4-/m1/s1. The van der Waals surface area contributed by atoms with E-state index >= 15 is 0 Å². The maximum Gasteiger partial charge on any atom is 0.469 e. The average Bonchev–Trinajstić information content (AvgIpc) is 2.00. The van der Waals surface area contributed by atoms with Gasteiger partial charge in [-0.15, -0.1) is 0 Å². The molecule has 0 fully saturated rings. The van der Waals surface area contributed by atoms with Crippen LogP contribution in [0.15, 0.2) is 0 Å². The summed E-state index contributed by atoms with van der Waals surface area (Å²) in [5.74, 6) is -1.62. The molecule has 5 N–H and O–H groups in total. The van der Waals surface area contributed by atoms with Crippen molar-refractivity contribution in [3.05, 3.63) is 0 Å². The van der Waals surface area contributed by atoms with Crippen LogP contribution >= 0.6 is 7.82 Å². The first kappa shape index (κ1) is 13.5. The van der Waals surface area contributed by atoms with Gasteiger partial charge in [0.1, 0.15) is 0 Å². The van der Waals surface area contributed by atoms with Gasteiger partial charge in [0.15, 0.2) is 6.10 Å². The smallest absolute Gasteiger partial charge is 0.469 e. The third-order valence-corrected chi connectivity index (χ3v) is 1.81. The zero-order valence-electron chi connectivity index (χ0n) is 6.98. The van der Waals surface area contributed by atoms with E-state index in [-0.39, 0.29) is 0 Å². The minimum absolute atomic E-state index is 0.390. The topological polar surface area (TPSA) is 145 Å². The number of carbonyl (C=O) groups is 1. The second kappa shape index (κ2) is 5.40. The summed E-state index contributed by atoms with van der Waals surface area (Å²) < 4.78 is 14.1. The van der Waals surface area contributed by atoms with Gasteiger partial charge in [-0.25, -0.2) is 9.36 Å². The van der Waals surface area contributed by atoms with Crippen LogP contribution in [-0.4, -0.2) is 49.9 Å². The number of rotatable bonds is 6. The van der Waals surface area contributed by atoms with Gasteiger partial charge in [-0.2, -0.15) is 0 Å². The second-order valence-electron chi connectivity index (χ2n) is 2.46. The number of aliphatic hydroxyl groups is 2. The van der Waals surface area contributed by atoms with Gasteiger partial charge < -0.3 is 25.1 Å². The van der Waals surface area contributed by atoms with Gasteiger partial charge in [0.25, 0.3) is 0 Å². The Morgan fingerprint density at radius 2 is 1.86 bits per heavy atom. The van der Waals surface area contributed by atoms with E-state index in [1.807, 2.05) is 0 Å². The van der Waals surface area contributed by atoms with Crippen molar-refractivity contribution in [1.29, 1.82) is 0 Å². The highest BCUT2D eigenvalue weighted by molar-refractivity contribution is 7.46. The summed E-state index contributed by atoms with van der Waals surface area (Å²) in [4.78, 5) is 26.5. The third kappa shape index (κ3) is 6.03. The molecular formula is C5H11O8P. The van der Waals surface area contributed by atoms with Crippen molar-refractivity contribution >= 4 is 13.8 Å². The van der Waals surface area contributed by atoms with Crippen LogP contribution in [0.5, 0.6) is 0 Å². The number of carboxylic acids is 1. The van der Waals surface area contributed by atoms with Gasteiger partial charge in [-0.1, -0.05) is 0 Å². The van der Waals surface area contributed by atoms with Crippen LogP contribution in [0.1, 0.15) is 6.42 Å². The molecule has 0 rings (SSSR count). The Bertz CT molecular complexity index is 234. The van der Waals surface area contributed by atoms with E-state index in [9.17, 15) is 9.36 Å². The van der Waals surface area contributed by atoms with E-state index < -0.39 is 39.0 Å². The Morgan fingerprint density at radius 3 is 2.21 bits per heavy atom. The van der Waals surface area contributed by atoms with Gasteiger partial charge in [-0.3, -0.25) is 4.52 Å². The summed E-state index contributed by atoms with van der Waals surface area (Å²) in [5, 5.41) is 25.9. The zero-order chi connectivity index (χ0) is 11.4. The average molecular weight is 230 g/mol. The molecule has 0 bridgehead atoms. The first-order valence-corrected chi connectivity index (χ1v) is 5.06. The molecule has 0 aliphatic rings. The molecule has 0 heterocycles. The Kier molecular flexibility index (Phi) is 5.21. The van der Waals surface area contributed by atoms with Gasteiger partial charge in [0.05, 0.1) is 12.7 Å². The lowest BCUT2D eigenvalue weighted by Gasteiger charge is -2.13. The Morgan fingerprint density at radius 1 is 1.36 bits per heavy atom. The molecule has 2 atom stereocenters. The Labute approximate surface area is 79.0 Å². The molecule has 0 aromatic rings. The first-order valence-electron chi connectivity index (χ1n) is 3.53. The summed E-state index contributed by atoms with van der Waals surface area (Å²) in [5.41, 5.74) is 0. The lowest BCUT2D eigenvalue weighted by molar-refractivity contribution is -0.153. The van der Waals surface area contributed by atoms with Crippen LogP contribution in [-0.2, 0) is 13.9 Å². The predicted octanol–water partition coefficient (Wildman–Crippen LogP) is -1.71. The molecule has 9 heteroatoms. The van der Waals surface area contributed by atoms with Crippen molar-refractivity contribution < 1.29 is 39.0 Å².